The first-order chi connectivity index (χ1) is 6.84. The van der Waals surface area contributed by atoms with E-state index in [9.17, 15) is 4.79 Å². The summed E-state index contributed by atoms with van der Waals surface area (Å²) in [5.41, 5.74) is 5.55. The van der Waals surface area contributed by atoms with Crippen molar-refractivity contribution < 1.29 is 4.79 Å². The van der Waals surface area contributed by atoms with E-state index in [-0.39, 0.29) is 16.7 Å². The molecule has 88 valence electrons. The Balaban J connectivity index is 2.41. The van der Waals surface area contributed by atoms with Gasteiger partial charge in [-0.3, -0.25) is 4.79 Å². The number of carbonyl (C=O) groups is 1. The summed E-state index contributed by atoms with van der Waals surface area (Å²) in [5.74, 6) is 0.713. The molecule has 1 amide bonds. The molecule has 0 aromatic rings. The monoisotopic (exact) mass is 212 g/mol. The summed E-state index contributed by atoms with van der Waals surface area (Å²) in [6.45, 7) is 9.95. The number of nitrogens with one attached hydrogen (secondary N) is 1. The molecule has 15 heavy (non-hydrogen) atoms. The van der Waals surface area contributed by atoms with E-state index in [1.165, 1.54) is 0 Å². The van der Waals surface area contributed by atoms with Gasteiger partial charge in [0.05, 0.1) is 5.41 Å². The molecule has 0 saturated heterocycles. The summed E-state index contributed by atoms with van der Waals surface area (Å²) in [5, 5.41) is 3.04. The molecule has 0 aromatic carbocycles. The number of amides is 1. The normalized spacial score (nSPS) is 19.1. The second kappa shape index (κ2) is 4.12. The van der Waals surface area contributed by atoms with Crippen LogP contribution in [0.5, 0.6) is 0 Å². The van der Waals surface area contributed by atoms with Gasteiger partial charge >= 0.3 is 0 Å². The number of nitrogens with two attached hydrogens (primary N) is 1. The van der Waals surface area contributed by atoms with Crippen LogP contribution in [0.3, 0.4) is 0 Å². The molecule has 1 rings (SSSR count). The first kappa shape index (κ1) is 12.5. The van der Waals surface area contributed by atoms with Crippen molar-refractivity contribution in [1.29, 1.82) is 0 Å². The highest BCUT2D eigenvalue weighted by Crippen LogP contribution is 2.44. The topological polar surface area (TPSA) is 55.1 Å². The van der Waals surface area contributed by atoms with Gasteiger partial charge in [-0.15, -0.1) is 0 Å². The number of hydrogen-bond donors (Lipinski definition) is 2. The zero-order chi connectivity index (χ0) is 11.7. The third kappa shape index (κ3) is 2.71. The summed E-state index contributed by atoms with van der Waals surface area (Å²) in [7, 11) is 0. The van der Waals surface area contributed by atoms with E-state index in [2.05, 4.69) is 33.0 Å². The maximum atomic E-state index is 11.8. The van der Waals surface area contributed by atoms with Gasteiger partial charge in [0.15, 0.2) is 0 Å². The Kier molecular flexibility index (Phi) is 3.44. The largest absolute Gasteiger partial charge is 0.355 e. The lowest BCUT2D eigenvalue weighted by Crippen LogP contribution is -2.42. The molecular weight excluding hydrogens is 188 g/mol. The summed E-state index contributed by atoms with van der Waals surface area (Å²) < 4.78 is 0. The molecule has 1 saturated carbocycles. The summed E-state index contributed by atoms with van der Waals surface area (Å²) in [4.78, 5) is 11.8. The molecule has 0 aromatic heterocycles. The minimum absolute atomic E-state index is 0.152. The van der Waals surface area contributed by atoms with Gasteiger partial charge in [-0.2, -0.15) is 0 Å². The van der Waals surface area contributed by atoms with Crippen LogP contribution in [0.2, 0.25) is 0 Å². The molecule has 0 bridgehead atoms. The third-order valence-electron chi connectivity index (χ3n) is 3.99. The van der Waals surface area contributed by atoms with Crippen LogP contribution in [0.25, 0.3) is 0 Å². The van der Waals surface area contributed by atoms with E-state index in [0.29, 0.717) is 12.5 Å². The van der Waals surface area contributed by atoms with E-state index in [0.717, 1.165) is 19.4 Å². The van der Waals surface area contributed by atoms with Crippen LogP contribution in [0.4, 0.5) is 0 Å². The fraction of sp³-hybridized carbons (Fsp3) is 0.917. The van der Waals surface area contributed by atoms with Crippen LogP contribution in [0, 0.1) is 16.7 Å². The molecule has 3 N–H and O–H groups in total. The molecule has 0 aliphatic heterocycles. The first-order valence-electron chi connectivity index (χ1n) is 5.82. The number of hydrogen-bond acceptors (Lipinski definition) is 2. The molecule has 0 radical (unpaired) electrons. The fourth-order valence-electron chi connectivity index (χ4n) is 1.37. The van der Waals surface area contributed by atoms with Gasteiger partial charge in [0, 0.05) is 13.1 Å². The Labute approximate surface area is 92.8 Å². The van der Waals surface area contributed by atoms with Crippen molar-refractivity contribution in [2.75, 3.05) is 13.1 Å². The van der Waals surface area contributed by atoms with E-state index in [4.69, 9.17) is 5.73 Å². The number of rotatable bonds is 5. The minimum atomic E-state index is -0.215. The Bertz CT molecular complexity index is 242. The van der Waals surface area contributed by atoms with Gasteiger partial charge in [-0.05, 0) is 24.2 Å². The predicted molar refractivity (Wildman–Crippen MR) is 62.4 cm³/mol. The third-order valence-corrected chi connectivity index (χ3v) is 3.99. The molecule has 3 heteroatoms. The lowest BCUT2D eigenvalue weighted by atomic mass is 9.81. The Morgan fingerprint density at radius 3 is 2.33 bits per heavy atom. The average molecular weight is 212 g/mol. The van der Waals surface area contributed by atoms with Crippen LogP contribution in [-0.4, -0.2) is 19.0 Å². The summed E-state index contributed by atoms with van der Waals surface area (Å²) in [6.07, 6.45) is 1.91. The number of carbonyl (C=O) groups excluding carboxylic acids is 1. The molecule has 0 spiro atoms. The molecule has 3 nitrogen and oxygen atoms in total. The summed E-state index contributed by atoms with van der Waals surface area (Å²) >= 11 is 0. The van der Waals surface area contributed by atoms with Crippen molar-refractivity contribution in [1.82, 2.24) is 5.32 Å². The smallest absolute Gasteiger partial charge is 0.227 e. The van der Waals surface area contributed by atoms with Crippen molar-refractivity contribution in [2.24, 2.45) is 22.5 Å². The van der Waals surface area contributed by atoms with E-state index in [1.807, 2.05) is 0 Å². The van der Waals surface area contributed by atoms with Gasteiger partial charge in [0.2, 0.25) is 5.91 Å². The Morgan fingerprint density at radius 2 is 2.00 bits per heavy atom. The molecular formula is C12H24N2O. The maximum absolute atomic E-state index is 11.8. The van der Waals surface area contributed by atoms with Gasteiger partial charge in [-0.25, -0.2) is 0 Å². The lowest BCUT2D eigenvalue weighted by molar-refractivity contribution is -0.126. The minimum Gasteiger partial charge on any atom is -0.355 e. The predicted octanol–water partition coefficient (Wildman–Crippen LogP) is 1.52. The molecule has 1 fully saturated rings. The first-order valence-corrected chi connectivity index (χ1v) is 5.82. The van der Waals surface area contributed by atoms with Crippen molar-refractivity contribution >= 4 is 5.91 Å². The Morgan fingerprint density at radius 1 is 1.47 bits per heavy atom. The van der Waals surface area contributed by atoms with Gasteiger partial charge in [0.1, 0.15) is 0 Å². The molecule has 0 atom stereocenters. The van der Waals surface area contributed by atoms with Gasteiger partial charge in [-0.1, -0.05) is 27.7 Å². The molecule has 0 heterocycles. The maximum Gasteiger partial charge on any atom is 0.227 e. The quantitative estimate of drug-likeness (QED) is 0.726. The van der Waals surface area contributed by atoms with Gasteiger partial charge < -0.3 is 11.1 Å². The summed E-state index contributed by atoms with van der Waals surface area (Å²) in [6, 6.07) is 0. The van der Waals surface area contributed by atoms with Gasteiger partial charge in [0.25, 0.3) is 0 Å². The lowest BCUT2D eigenvalue weighted by Gasteiger charge is -2.30. The second-order valence-corrected chi connectivity index (χ2v) is 5.81. The Hall–Kier alpha value is -0.570. The second-order valence-electron chi connectivity index (χ2n) is 5.81. The highest BCUT2D eigenvalue weighted by molar-refractivity contribution is 5.85. The highest BCUT2D eigenvalue weighted by Gasteiger charge is 2.48. The van der Waals surface area contributed by atoms with Crippen LogP contribution >= 0.6 is 0 Å². The van der Waals surface area contributed by atoms with Crippen LogP contribution in [-0.2, 0) is 4.79 Å². The zero-order valence-corrected chi connectivity index (χ0v) is 10.4. The van der Waals surface area contributed by atoms with Crippen molar-refractivity contribution in [3.63, 3.8) is 0 Å². The fourth-order valence-corrected chi connectivity index (χ4v) is 1.37. The molecule has 0 unspecified atom stereocenters. The molecule has 1 aliphatic carbocycles. The SMILES string of the molecule is CC(C)C(C)(C)CNC(=O)C1(CN)CC1. The van der Waals surface area contributed by atoms with Crippen LogP contribution < -0.4 is 11.1 Å². The van der Waals surface area contributed by atoms with Crippen molar-refractivity contribution in [2.45, 2.75) is 40.5 Å². The average Bonchev–Trinajstić information content (AvgIpc) is 2.94. The van der Waals surface area contributed by atoms with E-state index in [1.54, 1.807) is 0 Å². The molecule has 1 aliphatic rings. The van der Waals surface area contributed by atoms with Crippen LogP contribution in [0.1, 0.15) is 40.5 Å². The zero-order valence-electron chi connectivity index (χ0n) is 10.4. The highest BCUT2D eigenvalue weighted by atomic mass is 16.2. The van der Waals surface area contributed by atoms with Crippen molar-refractivity contribution in [3.8, 4) is 0 Å². The van der Waals surface area contributed by atoms with E-state index >= 15 is 0 Å². The van der Waals surface area contributed by atoms with Crippen molar-refractivity contribution in [3.05, 3.63) is 0 Å². The van der Waals surface area contributed by atoms with E-state index < -0.39 is 0 Å². The standard InChI is InChI=1S/C12H24N2O/c1-9(2)11(3,4)8-14-10(15)12(7-13)5-6-12/h9H,5-8,13H2,1-4H3,(H,14,15). The van der Waals surface area contributed by atoms with Crippen LogP contribution in [0.15, 0.2) is 0 Å².